The second-order valence-electron chi connectivity index (χ2n) is 9.73. The van der Waals surface area contributed by atoms with Gasteiger partial charge in [0.05, 0.1) is 24.2 Å². The third-order valence-corrected chi connectivity index (χ3v) is 7.88. The van der Waals surface area contributed by atoms with Crippen LogP contribution in [-0.2, 0) is 16.0 Å². The number of aryl methyl sites for hydroxylation is 1. The Kier molecular flexibility index (Phi) is 5.08. The number of amides is 2. The summed E-state index contributed by atoms with van der Waals surface area (Å²) >= 11 is 0. The number of rotatable bonds is 5. The summed E-state index contributed by atoms with van der Waals surface area (Å²) in [6, 6.07) is 7.26. The van der Waals surface area contributed by atoms with Crippen molar-refractivity contribution in [3.63, 3.8) is 0 Å². The summed E-state index contributed by atoms with van der Waals surface area (Å²) in [5.41, 5.74) is 9.61. The van der Waals surface area contributed by atoms with Crippen molar-refractivity contribution in [2.45, 2.75) is 62.3 Å². The maximum Gasteiger partial charge on any atom is 0.241 e. The van der Waals surface area contributed by atoms with Gasteiger partial charge in [0.25, 0.3) is 0 Å². The zero-order valence-electron chi connectivity index (χ0n) is 18.8. The van der Waals surface area contributed by atoms with Crippen LogP contribution in [0.15, 0.2) is 18.2 Å². The van der Waals surface area contributed by atoms with E-state index in [1.165, 1.54) is 11.1 Å². The minimum Gasteiger partial charge on any atom is -0.330 e. The van der Waals surface area contributed by atoms with Gasteiger partial charge in [-0.05, 0) is 54.5 Å². The van der Waals surface area contributed by atoms with E-state index in [4.69, 9.17) is 5.73 Å². The summed E-state index contributed by atoms with van der Waals surface area (Å²) in [6.07, 6.45) is 4.12. The number of hydrogen-bond donors (Lipinski definition) is 2. The Morgan fingerprint density at radius 2 is 2.21 bits per heavy atom. The zero-order valence-corrected chi connectivity index (χ0v) is 18.8. The van der Waals surface area contributed by atoms with E-state index >= 15 is 0 Å². The van der Waals surface area contributed by atoms with Gasteiger partial charge in [-0.3, -0.25) is 14.5 Å². The Hall–Kier alpha value is -3.36. The third kappa shape index (κ3) is 3.28. The van der Waals surface area contributed by atoms with Gasteiger partial charge in [-0.25, -0.2) is 0 Å². The lowest BCUT2D eigenvalue weighted by Crippen LogP contribution is -2.56. The molecule has 6 rings (SSSR count). The number of hydrogen-bond acceptors (Lipinski definition) is 8. The summed E-state index contributed by atoms with van der Waals surface area (Å²) < 4.78 is 0. The van der Waals surface area contributed by atoms with Gasteiger partial charge >= 0.3 is 0 Å². The van der Waals surface area contributed by atoms with Crippen LogP contribution >= 0.6 is 0 Å². The summed E-state index contributed by atoms with van der Waals surface area (Å²) in [7, 11) is 0. The number of carbonyl (C=O) groups excluding carboxylic acids is 2. The number of nitrogens with zero attached hydrogens (tertiary/aromatic N) is 7. The quantitative estimate of drug-likeness (QED) is 0.631. The lowest BCUT2D eigenvalue weighted by molar-refractivity contribution is -0.141. The highest BCUT2D eigenvalue weighted by Gasteiger charge is 2.53. The largest absolute Gasteiger partial charge is 0.330 e. The molecule has 1 aliphatic carbocycles. The van der Waals surface area contributed by atoms with Crippen molar-refractivity contribution >= 4 is 11.8 Å². The highest BCUT2D eigenvalue weighted by atomic mass is 16.2. The van der Waals surface area contributed by atoms with Crippen molar-refractivity contribution in [2.75, 3.05) is 19.6 Å². The van der Waals surface area contributed by atoms with Crippen LogP contribution in [-0.4, -0.2) is 90.9 Å². The molecule has 3 saturated heterocycles. The van der Waals surface area contributed by atoms with E-state index in [0.29, 0.717) is 25.3 Å². The number of benzene rings is 1. The van der Waals surface area contributed by atoms with Crippen LogP contribution in [0.3, 0.4) is 0 Å². The van der Waals surface area contributed by atoms with E-state index in [0.717, 1.165) is 37.8 Å². The van der Waals surface area contributed by atoms with Gasteiger partial charge in [-0.15, -0.1) is 10.2 Å². The average molecular weight is 462 g/mol. The molecule has 176 valence electrons. The Balaban J connectivity index is 1.13. The predicted molar refractivity (Wildman–Crippen MR) is 120 cm³/mol. The molecule has 3 aliphatic heterocycles. The highest BCUT2D eigenvalue weighted by Crippen LogP contribution is 2.44. The molecule has 5 atom stereocenters. The van der Waals surface area contributed by atoms with E-state index in [1.807, 2.05) is 6.07 Å². The van der Waals surface area contributed by atoms with Crippen molar-refractivity contribution < 1.29 is 9.59 Å². The van der Waals surface area contributed by atoms with Crippen molar-refractivity contribution in [1.82, 2.24) is 35.3 Å². The smallest absolute Gasteiger partial charge is 0.241 e. The molecule has 11 nitrogen and oxygen atoms in total. The van der Waals surface area contributed by atoms with E-state index < -0.39 is 6.04 Å². The molecule has 4 aliphatic rings. The fourth-order valence-corrected chi connectivity index (χ4v) is 6.32. The molecule has 4 heterocycles. The van der Waals surface area contributed by atoms with Gasteiger partial charge in [0, 0.05) is 31.2 Å². The fourth-order valence-electron chi connectivity index (χ4n) is 6.32. The predicted octanol–water partition coefficient (Wildman–Crippen LogP) is -0.0190. The lowest BCUT2D eigenvalue weighted by Gasteiger charge is -2.38. The monoisotopic (exact) mass is 461 g/mol. The number of nitrogens with one attached hydrogen (secondary N) is 1. The molecule has 1 aromatic carbocycles. The number of aromatic nitrogens is 4. The summed E-state index contributed by atoms with van der Waals surface area (Å²) in [5, 5.41) is 23.5. The van der Waals surface area contributed by atoms with Gasteiger partial charge in [0.2, 0.25) is 17.6 Å². The van der Waals surface area contributed by atoms with Crippen LogP contribution in [0.4, 0.5) is 0 Å². The van der Waals surface area contributed by atoms with Crippen molar-refractivity contribution in [2.24, 2.45) is 5.73 Å². The van der Waals surface area contributed by atoms with E-state index in [2.05, 4.69) is 48.6 Å². The number of tetrazole rings is 1. The number of fused-ring (bicyclic) bond motifs is 3. The van der Waals surface area contributed by atoms with Gasteiger partial charge in [-0.1, -0.05) is 12.1 Å². The van der Waals surface area contributed by atoms with Gasteiger partial charge in [0.1, 0.15) is 6.04 Å². The Morgan fingerprint density at radius 1 is 1.32 bits per heavy atom. The first kappa shape index (κ1) is 21.2. The average Bonchev–Trinajstić information content (AvgIpc) is 3.66. The second-order valence-corrected chi connectivity index (χ2v) is 9.73. The molecule has 1 aromatic heterocycles. The van der Waals surface area contributed by atoms with Crippen LogP contribution < -0.4 is 5.73 Å². The van der Waals surface area contributed by atoms with E-state index in [1.54, 1.807) is 4.90 Å². The molecule has 0 radical (unpaired) electrons. The molecule has 0 saturated carbocycles. The number of H-pyrrole nitrogens is 1. The molecule has 0 spiro atoms. The fraction of sp³-hybridized carbons (Fsp3) is 0.565. The minimum atomic E-state index is -0.717. The number of piperazine rings is 1. The van der Waals surface area contributed by atoms with Crippen molar-refractivity contribution in [1.29, 1.82) is 5.26 Å². The first-order valence-electron chi connectivity index (χ1n) is 11.9. The first-order chi connectivity index (χ1) is 16.5. The van der Waals surface area contributed by atoms with Gasteiger partial charge in [0.15, 0.2) is 0 Å². The van der Waals surface area contributed by atoms with Gasteiger partial charge < -0.3 is 15.5 Å². The number of carbonyl (C=O) groups is 2. The molecule has 2 bridgehead atoms. The Morgan fingerprint density at radius 3 is 2.97 bits per heavy atom. The molecule has 34 heavy (non-hydrogen) atoms. The number of likely N-dealkylation sites (tertiary alicyclic amines) is 3. The summed E-state index contributed by atoms with van der Waals surface area (Å²) in [5.74, 6) is 0.518. The highest BCUT2D eigenvalue weighted by molar-refractivity contribution is 5.87. The number of aromatic amines is 1. The van der Waals surface area contributed by atoms with Crippen LogP contribution in [0.2, 0.25) is 0 Å². The van der Waals surface area contributed by atoms with Crippen molar-refractivity contribution in [3.05, 3.63) is 29.3 Å². The topological polar surface area (TPSA) is 148 Å². The summed E-state index contributed by atoms with van der Waals surface area (Å²) in [4.78, 5) is 32.0. The van der Waals surface area contributed by atoms with E-state index in [-0.39, 0.29) is 36.0 Å². The molecular formula is C23H27N9O2. The van der Waals surface area contributed by atoms with Gasteiger partial charge in [-0.2, -0.15) is 10.5 Å². The molecule has 11 heteroatoms. The zero-order chi connectivity index (χ0) is 23.4. The van der Waals surface area contributed by atoms with E-state index in [9.17, 15) is 14.9 Å². The Bertz CT molecular complexity index is 1160. The molecule has 2 amide bonds. The van der Waals surface area contributed by atoms with Crippen LogP contribution in [0, 0.1) is 11.3 Å². The maximum atomic E-state index is 13.4. The molecule has 3 fully saturated rings. The third-order valence-electron chi connectivity index (χ3n) is 7.88. The van der Waals surface area contributed by atoms with Crippen molar-refractivity contribution in [3.8, 4) is 17.5 Å². The summed E-state index contributed by atoms with van der Waals surface area (Å²) in [6.45, 7) is 1.66. The van der Waals surface area contributed by atoms with Crippen LogP contribution in [0.1, 0.15) is 42.9 Å². The SMILES string of the molecule is N#C[C@@H]1CCCN1C(=O)[C@@H](N)CN1CC2C[C@H]1C(=O)N2[C@@H]1CCc2cc(-c3nn[nH]n3)ccc21. The minimum absolute atomic E-state index is 0.0789. The second kappa shape index (κ2) is 8.14. The maximum absolute atomic E-state index is 13.4. The number of nitrogens with two attached hydrogens (primary N) is 1. The normalized spacial score (nSPS) is 29.0. The van der Waals surface area contributed by atoms with Crippen LogP contribution in [0.5, 0.6) is 0 Å². The standard InChI is InChI=1S/C23H27N9O2/c24-10-15-2-1-7-31(15)22(33)18(25)12-30-11-16-9-20(30)23(34)32(16)19-6-4-13-8-14(3-5-17(13)19)21-26-28-29-27-21/h3,5,8,15-16,18-20H,1-2,4,6-7,9,11-12,25H2,(H,26,27,28,29)/t15-,16?,18-,19+,20-/m0/s1. The first-order valence-corrected chi connectivity index (χ1v) is 11.9. The molecule has 1 unspecified atom stereocenters. The Labute approximate surface area is 196 Å². The van der Waals surface area contributed by atoms with Crippen LogP contribution in [0.25, 0.3) is 11.4 Å². The lowest BCUT2D eigenvalue weighted by atomic mass is 10.0. The number of nitriles is 1. The molecular weight excluding hydrogens is 434 g/mol. The molecule has 2 aromatic rings. The molecule has 3 N–H and O–H groups in total.